The van der Waals surface area contributed by atoms with Gasteiger partial charge in [-0.05, 0) is 37.3 Å². The number of esters is 2. The average molecular weight is 254 g/mol. The summed E-state index contributed by atoms with van der Waals surface area (Å²) in [7, 11) is 0. The van der Waals surface area contributed by atoms with Crippen molar-refractivity contribution in [3.63, 3.8) is 0 Å². The summed E-state index contributed by atoms with van der Waals surface area (Å²) >= 11 is 0. The summed E-state index contributed by atoms with van der Waals surface area (Å²) in [6, 6.07) is 12.2. The normalized spacial score (nSPS) is 13.1. The van der Waals surface area contributed by atoms with Gasteiger partial charge in [-0.1, -0.05) is 17.7 Å². The van der Waals surface area contributed by atoms with E-state index in [9.17, 15) is 9.59 Å². The second kappa shape index (κ2) is 4.24. The van der Waals surface area contributed by atoms with Crippen LogP contribution in [0.25, 0.3) is 0 Å². The van der Waals surface area contributed by atoms with Crippen molar-refractivity contribution in [1.82, 2.24) is 0 Å². The van der Waals surface area contributed by atoms with Gasteiger partial charge < -0.3 is 9.47 Å². The van der Waals surface area contributed by atoms with Gasteiger partial charge in [-0.15, -0.1) is 0 Å². The van der Waals surface area contributed by atoms with E-state index in [0.29, 0.717) is 11.5 Å². The molecule has 0 N–H and O–H groups in total. The van der Waals surface area contributed by atoms with Crippen molar-refractivity contribution >= 4 is 11.9 Å². The molecule has 0 spiro atoms. The van der Waals surface area contributed by atoms with E-state index >= 15 is 0 Å². The fourth-order valence-electron chi connectivity index (χ4n) is 1.87. The van der Waals surface area contributed by atoms with Crippen LogP contribution in [0.4, 0.5) is 0 Å². The number of carbonyl (C=O) groups excluding carboxylic acids is 2. The molecule has 19 heavy (non-hydrogen) atoms. The molecular formula is C15H10O4. The van der Waals surface area contributed by atoms with Crippen LogP contribution < -0.4 is 4.74 Å². The van der Waals surface area contributed by atoms with Gasteiger partial charge in [-0.2, -0.15) is 0 Å². The van der Waals surface area contributed by atoms with Gasteiger partial charge in [0, 0.05) is 0 Å². The summed E-state index contributed by atoms with van der Waals surface area (Å²) in [5.41, 5.74) is 1.66. The SMILES string of the molecule is Cc1ccc(Oc2ccc3c(c2)C(=O)OC3=O)cc1. The Hall–Kier alpha value is -2.62. The molecular weight excluding hydrogens is 244 g/mol. The van der Waals surface area contributed by atoms with Gasteiger partial charge in [-0.3, -0.25) is 0 Å². The lowest BCUT2D eigenvalue weighted by molar-refractivity contribution is 0.0443. The van der Waals surface area contributed by atoms with Gasteiger partial charge >= 0.3 is 11.9 Å². The summed E-state index contributed by atoms with van der Waals surface area (Å²) < 4.78 is 10.1. The van der Waals surface area contributed by atoms with Crippen molar-refractivity contribution in [1.29, 1.82) is 0 Å². The number of hydrogen-bond donors (Lipinski definition) is 0. The number of hydrogen-bond acceptors (Lipinski definition) is 4. The van der Waals surface area contributed by atoms with Crippen molar-refractivity contribution in [2.45, 2.75) is 6.92 Å². The second-order valence-electron chi connectivity index (χ2n) is 4.30. The van der Waals surface area contributed by atoms with Gasteiger partial charge in [-0.25, -0.2) is 9.59 Å². The third-order valence-electron chi connectivity index (χ3n) is 2.87. The van der Waals surface area contributed by atoms with E-state index in [-0.39, 0.29) is 11.1 Å². The zero-order valence-electron chi connectivity index (χ0n) is 10.2. The van der Waals surface area contributed by atoms with Gasteiger partial charge in [0.1, 0.15) is 11.5 Å². The number of ether oxygens (including phenoxy) is 2. The number of aryl methyl sites for hydroxylation is 1. The van der Waals surface area contributed by atoms with Crippen LogP contribution in [-0.2, 0) is 4.74 Å². The molecule has 0 fully saturated rings. The molecule has 1 aliphatic heterocycles. The molecule has 2 aromatic rings. The Labute approximate surface area is 109 Å². The molecule has 4 nitrogen and oxygen atoms in total. The topological polar surface area (TPSA) is 52.6 Å². The monoisotopic (exact) mass is 254 g/mol. The Balaban J connectivity index is 1.91. The summed E-state index contributed by atoms with van der Waals surface area (Å²) in [6.45, 7) is 1.99. The molecule has 0 atom stereocenters. The molecule has 0 unspecified atom stereocenters. The van der Waals surface area contributed by atoms with Crippen LogP contribution >= 0.6 is 0 Å². The highest BCUT2D eigenvalue weighted by Gasteiger charge is 2.29. The molecule has 1 heterocycles. The molecule has 0 aliphatic carbocycles. The van der Waals surface area contributed by atoms with Crippen LogP contribution in [-0.4, -0.2) is 11.9 Å². The molecule has 94 valence electrons. The minimum Gasteiger partial charge on any atom is -0.457 e. The van der Waals surface area contributed by atoms with Crippen molar-refractivity contribution in [2.75, 3.05) is 0 Å². The predicted molar refractivity (Wildman–Crippen MR) is 67.4 cm³/mol. The Bertz CT molecular complexity index is 671. The van der Waals surface area contributed by atoms with E-state index in [1.54, 1.807) is 6.07 Å². The number of cyclic esters (lactones) is 2. The van der Waals surface area contributed by atoms with Crippen LogP contribution in [0.5, 0.6) is 11.5 Å². The van der Waals surface area contributed by atoms with Crippen molar-refractivity contribution < 1.29 is 19.1 Å². The lowest BCUT2D eigenvalue weighted by Crippen LogP contribution is -1.96. The number of benzene rings is 2. The summed E-state index contributed by atoms with van der Waals surface area (Å²) in [6.07, 6.45) is 0. The van der Waals surface area contributed by atoms with E-state index < -0.39 is 11.9 Å². The third-order valence-corrected chi connectivity index (χ3v) is 2.87. The molecule has 4 heteroatoms. The van der Waals surface area contributed by atoms with Crippen LogP contribution in [0.15, 0.2) is 42.5 Å². The molecule has 0 aromatic heterocycles. The maximum atomic E-state index is 11.4. The third kappa shape index (κ3) is 2.08. The van der Waals surface area contributed by atoms with E-state index in [2.05, 4.69) is 4.74 Å². The van der Waals surface area contributed by atoms with Crippen LogP contribution in [0.2, 0.25) is 0 Å². The molecule has 1 aliphatic rings. The fourth-order valence-corrected chi connectivity index (χ4v) is 1.87. The predicted octanol–water partition coefficient (Wildman–Crippen LogP) is 3.10. The highest BCUT2D eigenvalue weighted by atomic mass is 16.6. The minimum atomic E-state index is -0.630. The first-order valence-electron chi connectivity index (χ1n) is 5.78. The van der Waals surface area contributed by atoms with Gasteiger partial charge in [0.05, 0.1) is 11.1 Å². The van der Waals surface area contributed by atoms with Gasteiger partial charge in [0.2, 0.25) is 0 Å². The van der Waals surface area contributed by atoms with Crippen LogP contribution in [0.1, 0.15) is 26.3 Å². The Kier molecular flexibility index (Phi) is 2.56. The zero-order chi connectivity index (χ0) is 13.4. The average Bonchev–Trinajstić information content (AvgIpc) is 2.68. The maximum absolute atomic E-state index is 11.4. The highest BCUT2D eigenvalue weighted by molar-refractivity contribution is 6.14. The lowest BCUT2D eigenvalue weighted by atomic mass is 10.1. The summed E-state index contributed by atoms with van der Waals surface area (Å²) in [5.74, 6) is -0.0752. The number of fused-ring (bicyclic) bond motifs is 1. The highest BCUT2D eigenvalue weighted by Crippen LogP contribution is 2.28. The first kappa shape index (κ1) is 11.5. The molecule has 0 saturated heterocycles. The largest absolute Gasteiger partial charge is 0.457 e. The van der Waals surface area contributed by atoms with Crippen molar-refractivity contribution in [2.24, 2.45) is 0 Å². The lowest BCUT2D eigenvalue weighted by Gasteiger charge is -2.06. The van der Waals surface area contributed by atoms with Crippen molar-refractivity contribution in [3.8, 4) is 11.5 Å². The minimum absolute atomic E-state index is 0.245. The molecule has 0 saturated carbocycles. The molecule has 0 radical (unpaired) electrons. The summed E-state index contributed by atoms with van der Waals surface area (Å²) in [4.78, 5) is 22.7. The zero-order valence-corrected chi connectivity index (χ0v) is 10.2. The standard InChI is InChI=1S/C15H10O4/c1-9-2-4-10(5-3-9)18-11-6-7-12-13(8-11)15(17)19-14(12)16/h2-8H,1H3. The van der Waals surface area contributed by atoms with E-state index in [1.807, 2.05) is 31.2 Å². The number of rotatable bonds is 2. The first-order valence-corrected chi connectivity index (χ1v) is 5.78. The number of carbonyl (C=O) groups is 2. The molecule has 0 bridgehead atoms. The van der Waals surface area contributed by atoms with Gasteiger partial charge in [0.15, 0.2) is 0 Å². The van der Waals surface area contributed by atoms with Crippen LogP contribution in [0.3, 0.4) is 0 Å². The van der Waals surface area contributed by atoms with Gasteiger partial charge in [0.25, 0.3) is 0 Å². The van der Waals surface area contributed by atoms with Crippen LogP contribution in [0, 0.1) is 6.92 Å². The first-order chi connectivity index (χ1) is 9.13. The Morgan fingerprint density at radius 3 is 2.21 bits per heavy atom. The fraction of sp³-hybridized carbons (Fsp3) is 0.0667. The van der Waals surface area contributed by atoms with E-state index in [0.717, 1.165) is 5.56 Å². The summed E-state index contributed by atoms with van der Waals surface area (Å²) in [5, 5.41) is 0. The van der Waals surface area contributed by atoms with E-state index in [4.69, 9.17) is 4.74 Å². The molecule has 3 rings (SSSR count). The molecule has 2 aromatic carbocycles. The Morgan fingerprint density at radius 2 is 1.47 bits per heavy atom. The maximum Gasteiger partial charge on any atom is 0.347 e. The second-order valence-corrected chi connectivity index (χ2v) is 4.30. The Morgan fingerprint density at radius 1 is 0.842 bits per heavy atom. The molecule has 0 amide bonds. The van der Waals surface area contributed by atoms with Crippen molar-refractivity contribution in [3.05, 3.63) is 59.2 Å². The van der Waals surface area contributed by atoms with E-state index in [1.165, 1.54) is 12.1 Å². The quantitative estimate of drug-likeness (QED) is 0.610. The smallest absolute Gasteiger partial charge is 0.347 e.